The Morgan fingerprint density at radius 1 is 1.33 bits per heavy atom. The maximum atomic E-state index is 13.9. The first-order valence-corrected chi connectivity index (χ1v) is 8.67. The molecule has 0 N–H and O–H groups in total. The molecule has 7 heteroatoms. The number of fused-ring (bicyclic) bond motifs is 1. The van der Waals surface area contributed by atoms with Gasteiger partial charge in [0.1, 0.15) is 10.8 Å². The summed E-state index contributed by atoms with van der Waals surface area (Å²) in [6.45, 7) is 6.51. The summed E-state index contributed by atoms with van der Waals surface area (Å²) >= 11 is 9.47. The summed E-state index contributed by atoms with van der Waals surface area (Å²) in [7, 11) is 0. The zero-order valence-corrected chi connectivity index (χ0v) is 15.8. The second kappa shape index (κ2) is 6.69. The molecule has 2 aromatic heterocycles. The molecule has 0 bridgehead atoms. The highest BCUT2D eigenvalue weighted by atomic mass is 79.9. The Morgan fingerprint density at radius 2 is 2.08 bits per heavy atom. The van der Waals surface area contributed by atoms with Gasteiger partial charge in [-0.15, -0.1) is 0 Å². The largest absolute Gasteiger partial charge is 0.476 e. The first-order valence-electron chi connectivity index (χ1n) is 7.50. The first-order chi connectivity index (χ1) is 11.4. The zero-order chi connectivity index (χ0) is 17.4. The number of benzene rings is 1. The molecule has 0 unspecified atom stereocenters. The van der Waals surface area contributed by atoms with E-state index >= 15 is 0 Å². The molecule has 3 rings (SSSR count). The first kappa shape index (κ1) is 17.2. The van der Waals surface area contributed by atoms with Crippen molar-refractivity contribution in [2.45, 2.75) is 20.8 Å². The van der Waals surface area contributed by atoms with Gasteiger partial charge < -0.3 is 4.74 Å². The Morgan fingerprint density at radius 3 is 2.75 bits per heavy atom. The smallest absolute Gasteiger partial charge is 0.232 e. The molecule has 4 nitrogen and oxygen atoms in total. The van der Waals surface area contributed by atoms with Gasteiger partial charge in [-0.25, -0.2) is 14.1 Å². The average Bonchev–Trinajstić information content (AvgIpc) is 2.83. The number of halogens is 3. The molecule has 0 radical (unpaired) electrons. The number of hydrogen-bond acceptors (Lipinski definition) is 3. The van der Waals surface area contributed by atoms with E-state index in [9.17, 15) is 4.39 Å². The van der Waals surface area contributed by atoms with Crippen LogP contribution in [0, 0.1) is 18.7 Å². The summed E-state index contributed by atoms with van der Waals surface area (Å²) in [5, 5.41) is 5.73. The fourth-order valence-electron chi connectivity index (χ4n) is 2.34. The predicted molar refractivity (Wildman–Crippen MR) is 96.6 cm³/mol. The lowest BCUT2D eigenvalue weighted by atomic mass is 10.2. The van der Waals surface area contributed by atoms with Crippen molar-refractivity contribution < 1.29 is 9.13 Å². The third-order valence-corrected chi connectivity index (χ3v) is 4.38. The van der Waals surface area contributed by atoms with Gasteiger partial charge in [0.15, 0.2) is 0 Å². The number of aryl methyl sites for hydroxylation is 1. The lowest BCUT2D eigenvalue weighted by Gasteiger charge is -2.10. The average molecular weight is 413 g/mol. The van der Waals surface area contributed by atoms with Crippen LogP contribution in [0.3, 0.4) is 0 Å². The summed E-state index contributed by atoms with van der Waals surface area (Å²) < 4.78 is 21.5. The van der Waals surface area contributed by atoms with Gasteiger partial charge in [-0.1, -0.05) is 25.4 Å². The Balaban J connectivity index is 2.05. The summed E-state index contributed by atoms with van der Waals surface area (Å²) in [5.41, 5.74) is 2.10. The van der Waals surface area contributed by atoms with Crippen molar-refractivity contribution in [3.63, 3.8) is 0 Å². The van der Waals surface area contributed by atoms with E-state index in [-0.39, 0.29) is 5.82 Å². The van der Waals surface area contributed by atoms with E-state index < -0.39 is 0 Å². The van der Waals surface area contributed by atoms with E-state index in [1.807, 2.05) is 20.8 Å². The number of rotatable bonds is 4. The van der Waals surface area contributed by atoms with Crippen LogP contribution in [0.5, 0.6) is 5.88 Å². The highest BCUT2D eigenvalue weighted by molar-refractivity contribution is 9.10. The summed E-state index contributed by atoms with van der Waals surface area (Å²) in [6, 6.07) is 4.88. The molecule has 3 aromatic rings. The van der Waals surface area contributed by atoms with Crippen LogP contribution in [-0.2, 0) is 0 Å². The second-order valence-electron chi connectivity index (χ2n) is 5.97. The van der Waals surface area contributed by atoms with Crippen molar-refractivity contribution in [1.29, 1.82) is 0 Å². The van der Waals surface area contributed by atoms with Crippen LogP contribution in [0.1, 0.15) is 19.5 Å². The Hall–Kier alpha value is -1.66. The van der Waals surface area contributed by atoms with Crippen molar-refractivity contribution >= 4 is 38.4 Å². The molecule has 1 aromatic carbocycles. The third kappa shape index (κ3) is 3.26. The molecular weight excluding hydrogens is 397 g/mol. The molecule has 0 spiro atoms. The number of hydrogen-bond donors (Lipinski definition) is 0. The number of ether oxygens (including phenoxy) is 1. The maximum Gasteiger partial charge on any atom is 0.232 e. The third-order valence-electron chi connectivity index (χ3n) is 3.50. The SMILES string of the molecule is Cc1nn(-c2cnc(OCC(C)C)c(Cl)c2)c2cc(F)c(Br)cc12. The Labute approximate surface area is 152 Å². The van der Waals surface area contributed by atoms with Gasteiger partial charge in [0.25, 0.3) is 0 Å². The lowest BCUT2D eigenvalue weighted by Crippen LogP contribution is -2.06. The lowest BCUT2D eigenvalue weighted by molar-refractivity contribution is 0.261. The number of nitrogens with zero attached hydrogens (tertiary/aromatic N) is 3. The predicted octanol–water partition coefficient (Wildman–Crippen LogP) is 5.32. The minimum absolute atomic E-state index is 0.348. The van der Waals surface area contributed by atoms with Crippen molar-refractivity contribution in [3.8, 4) is 11.6 Å². The number of aromatic nitrogens is 3. The standard InChI is InChI=1S/C17H16BrClFN3O/c1-9(2)8-24-17-14(19)4-11(7-21-17)23-16-6-15(20)13(18)5-12(16)10(3)22-23/h4-7,9H,8H2,1-3H3. The topological polar surface area (TPSA) is 39.9 Å². The normalized spacial score (nSPS) is 11.5. The molecular formula is C17H16BrClFN3O. The molecule has 0 aliphatic carbocycles. The van der Waals surface area contributed by atoms with Gasteiger partial charge in [-0.2, -0.15) is 5.10 Å². The molecule has 0 atom stereocenters. The van der Waals surface area contributed by atoms with E-state index in [0.717, 1.165) is 11.1 Å². The quantitative estimate of drug-likeness (QED) is 0.582. The number of pyridine rings is 1. The van der Waals surface area contributed by atoms with Gasteiger partial charge in [0.05, 0.1) is 34.2 Å². The minimum atomic E-state index is -0.348. The van der Waals surface area contributed by atoms with Crippen molar-refractivity contribution in [2.24, 2.45) is 5.92 Å². The fraction of sp³-hybridized carbons (Fsp3) is 0.294. The van der Waals surface area contributed by atoms with E-state index in [4.69, 9.17) is 16.3 Å². The van der Waals surface area contributed by atoms with Crippen LogP contribution >= 0.6 is 27.5 Å². The molecule has 2 heterocycles. The molecule has 0 aliphatic rings. The van der Waals surface area contributed by atoms with Crippen LogP contribution in [0.15, 0.2) is 28.9 Å². The summed E-state index contributed by atoms with van der Waals surface area (Å²) in [4.78, 5) is 4.26. The van der Waals surface area contributed by atoms with Crippen LogP contribution < -0.4 is 4.74 Å². The van der Waals surface area contributed by atoms with Crippen molar-refractivity contribution in [1.82, 2.24) is 14.8 Å². The van der Waals surface area contributed by atoms with E-state index in [1.54, 1.807) is 23.0 Å². The van der Waals surface area contributed by atoms with Crippen molar-refractivity contribution in [2.75, 3.05) is 6.61 Å². The molecule has 0 fully saturated rings. The highest BCUT2D eigenvalue weighted by Crippen LogP contribution is 2.30. The van der Waals surface area contributed by atoms with Crippen LogP contribution in [0.25, 0.3) is 16.6 Å². The second-order valence-corrected chi connectivity index (χ2v) is 7.23. The van der Waals surface area contributed by atoms with Crippen LogP contribution in [-0.4, -0.2) is 21.4 Å². The summed E-state index contributed by atoms with van der Waals surface area (Å²) in [6.07, 6.45) is 1.62. The molecule has 0 amide bonds. The minimum Gasteiger partial charge on any atom is -0.476 e. The Kier molecular flexibility index (Phi) is 4.78. The molecule has 0 aliphatic heterocycles. The van der Waals surface area contributed by atoms with Gasteiger partial charge in [-0.3, -0.25) is 0 Å². The van der Waals surface area contributed by atoms with Gasteiger partial charge in [0, 0.05) is 11.5 Å². The monoisotopic (exact) mass is 411 g/mol. The van der Waals surface area contributed by atoms with Gasteiger partial charge in [-0.05, 0) is 40.9 Å². The Bertz CT molecular complexity index is 910. The fourth-order valence-corrected chi connectivity index (χ4v) is 2.90. The van der Waals surface area contributed by atoms with Crippen molar-refractivity contribution in [3.05, 3.63) is 45.4 Å². The highest BCUT2D eigenvalue weighted by Gasteiger charge is 2.14. The van der Waals surface area contributed by atoms with Gasteiger partial charge in [0.2, 0.25) is 5.88 Å². The molecule has 24 heavy (non-hydrogen) atoms. The van der Waals surface area contributed by atoms with E-state index in [2.05, 4.69) is 26.0 Å². The van der Waals surface area contributed by atoms with Gasteiger partial charge >= 0.3 is 0 Å². The van der Waals surface area contributed by atoms with Crippen LogP contribution in [0.4, 0.5) is 4.39 Å². The van der Waals surface area contributed by atoms with Crippen LogP contribution in [0.2, 0.25) is 5.02 Å². The van der Waals surface area contributed by atoms with E-state index in [0.29, 0.717) is 39.1 Å². The molecule has 0 saturated heterocycles. The molecule has 126 valence electrons. The maximum absolute atomic E-state index is 13.9. The zero-order valence-electron chi connectivity index (χ0n) is 13.5. The van der Waals surface area contributed by atoms with E-state index in [1.165, 1.54) is 6.07 Å². The molecule has 0 saturated carbocycles. The summed E-state index contributed by atoms with van der Waals surface area (Å²) in [5.74, 6) is 0.414.